The summed E-state index contributed by atoms with van der Waals surface area (Å²) in [6.07, 6.45) is 1.60. The lowest BCUT2D eigenvalue weighted by molar-refractivity contribution is 0.262. The second-order valence-electron chi connectivity index (χ2n) is 8.25. The van der Waals surface area contributed by atoms with Gasteiger partial charge in [0.2, 0.25) is 5.88 Å². The van der Waals surface area contributed by atoms with Gasteiger partial charge in [-0.3, -0.25) is 0 Å². The molecule has 0 bridgehead atoms. The number of pyridine rings is 1. The number of H-pyrrole nitrogens is 1. The number of carbonyl (C=O) groups excluding carboxylic acids is 1. The van der Waals surface area contributed by atoms with Crippen molar-refractivity contribution in [3.63, 3.8) is 0 Å². The number of amides is 2. The first-order valence-corrected chi connectivity index (χ1v) is 10.2. The van der Waals surface area contributed by atoms with Crippen LogP contribution in [0.1, 0.15) is 26.3 Å². The molecular weight excluding hydrogens is 422 g/mol. The highest BCUT2D eigenvalue weighted by Gasteiger charge is 2.20. The normalized spacial score (nSPS) is 11.1. The molecule has 168 valence electrons. The van der Waals surface area contributed by atoms with Crippen LogP contribution in [-0.4, -0.2) is 31.2 Å². The Morgan fingerprint density at radius 3 is 2.45 bits per heavy atom. The van der Waals surface area contributed by atoms with Gasteiger partial charge in [0.15, 0.2) is 0 Å². The highest BCUT2D eigenvalue weighted by Crippen LogP contribution is 2.35. The second kappa shape index (κ2) is 8.95. The van der Waals surface area contributed by atoms with E-state index in [0.29, 0.717) is 22.8 Å². The van der Waals surface area contributed by atoms with Gasteiger partial charge in [-0.15, -0.1) is 0 Å². The maximum absolute atomic E-state index is 12.6. The molecule has 2 aromatic carbocycles. The van der Waals surface area contributed by atoms with E-state index in [9.17, 15) is 9.59 Å². The van der Waals surface area contributed by atoms with E-state index in [1.165, 1.54) is 0 Å². The van der Waals surface area contributed by atoms with E-state index in [1.54, 1.807) is 42.6 Å². The van der Waals surface area contributed by atoms with Crippen LogP contribution < -0.4 is 21.1 Å². The van der Waals surface area contributed by atoms with Crippen molar-refractivity contribution in [2.75, 3.05) is 10.6 Å². The number of hydrogen-bond donors (Lipinski definition) is 3. The molecule has 4 aromatic rings. The number of anilines is 2. The minimum atomic E-state index is -0.469. The third-order valence-corrected chi connectivity index (χ3v) is 4.76. The molecule has 4 rings (SSSR count). The van der Waals surface area contributed by atoms with E-state index >= 15 is 0 Å². The van der Waals surface area contributed by atoms with E-state index < -0.39 is 11.7 Å². The van der Waals surface area contributed by atoms with Gasteiger partial charge in [-0.05, 0) is 58.3 Å². The number of rotatable bonds is 5. The molecule has 0 atom stereocenters. The fourth-order valence-corrected chi connectivity index (χ4v) is 3.18. The average molecular weight is 445 g/mol. The van der Waals surface area contributed by atoms with Crippen molar-refractivity contribution in [2.45, 2.75) is 26.2 Å². The molecule has 2 amide bonds. The number of benzene rings is 2. The van der Waals surface area contributed by atoms with Crippen molar-refractivity contribution in [3.05, 3.63) is 82.9 Å². The molecule has 0 unspecified atom stereocenters. The number of hydrogen-bond acceptors (Lipinski definition) is 6. The van der Waals surface area contributed by atoms with Gasteiger partial charge in [0.25, 0.3) is 0 Å². The van der Waals surface area contributed by atoms with Crippen molar-refractivity contribution in [2.24, 2.45) is 0 Å². The van der Waals surface area contributed by atoms with E-state index in [1.807, 2.05) is 24.3 Å². The summed E-state index contributed by atoms with van der Waals surface area (Å²) in [5, 5.41) is 14.9. The largest absolute Gasteiger partial charge is 0.437 e. The maximum atomic E-state index is 12.6. The number of para-hydroxylation sites is 1. The number of aromatic nitrogens is 5. The number of aromatic amines is 1. The van der Waals surface area contributed by atoms with Gasteiger partial charge in [0.1, 0.15) is 11.4 Å². The number of ether oxygens (including phenoxy) is 1. The smallest absolute Gasteiger partial charge is 0.365 e. The molecule has 0 aliphatic heterocycles. The summed E-state index contributed by atoms with van der Waals surface area (Å²) in [6.45, 7) is 6.31. The zero-order chi connectivity index (χ0) is 23.4. The van der Waals surface area contributed by atoms with Crippen molar-refractivity contribution < 1.29 is 9.53 Å². The highest BCUT2D eigenvalue weighted by molar-refractivity contribution is 6.00. The van der Waals surface area contributed by atoms with Gasteiger partial charge in [-0.25, -0.2) is 19.7 Å². The predicted octanol–water partition coefficient (Wildman–Crippen LogP) is 4.08. The Morgan fingerprint density at radius 2 is 1.76 bits per heavy atom. The van der Waals surface area contributed by atoms with Crippen molar-refractivity contribution in [3.8, 4) is 17.3 Å². The zero-order valence-corrected chi connectivity index (χ0v) is 18.4. The lowest BCUT2D eigenvalue weighted by Gasteiger charge is -2.22. The molecular formula is C23H23N7O3. The Hall–Kier alpha value is -4.47. The molecule has 0 saturated heterocycles. The highest BCUT2D eigenvalue weighted by atomic mass is 16.5. The van der Waals surface area contributed by atoms with Crippen molar-refractivity contribution in [1.82, 2.24) is 25.2 Å². The predicted molar refractivity (Wildman–Crippen MR) is 124 cm³/mol. The number of tetrazole rings is 1. The second-order valence-corrected chi connectivity index (χ2v) is 8.25. The summed E-state index contributed by atoms with van der Waals surface area (Å²) in [4.78, 5) is 28.5. The van der Waals surface area contributed by atoms with Crippen LogP contribution >= 0.6 is 0 Å². The minimum Gasteiger partial charge on any atom is -0.437 e. The van der Waals surface area contributed by atoms with Gasteiger partial charge in [0.05, 0.1) is 5.69 Å². The van der Waals surface area contributed by atoms with Gasteiger partial charge in [-0.1, -0.05) is 39.0 Å². The summed E-state index contributed by atoms with van der Waals surface area (Å²) < 4.78 is 7.19. The Kier molecular flexibility index (Phi) is 5.90. The van der Waals surface area contributed by atoms with Crippen LogP contribution in [0.2, 0.25) is 0 Å². The van der Waals surface area contributed by atoms with Gasteiger partial charge < -0.3 is 15.4 Å². The van der Waals surface area contributed by atoms with Crippen molar-refractivity contribution in [1.29, 1.82) is 0 Å². The molecule has 10 heteroatoms. The van der Waals surface area contributed by atoms with Crippen LogP contribution in [0.25, 0.3) is 5.69 Å². The molecule has 10 nitrogen and oxygen atoms in total. The Balaban J connectivity index is 1.48. The van der Waals surface area contributed by atoms with E-state index in [-0.39, 0.29) is 11.3 Å². The summed E-state index contributed by atoms with van der Waals surface area (Å²) in [6, 6.07) is 17.3. The summed E-state index contributed by atoms with van der Waals surface area (Å²) in [5.41, 5.74) is 1.91. The van der Waals surface area contributed by atoms with E-state index in [0.717, 1.165) is 10.2 Å². The first-order valence-electron chi connectivity index (χ1n) is 10.2. The van der Waals surface area contributed by atoms with E-state index in [2.05, 4.69) is 51.9 Å². The zero-order valence-electron chi connectivity index (χ0n) is 18.4. The lowest BCUT2D eigenvalue weighted by atomic mass is 9.86. The van der Waals surface area contributed by atoms with Crippen LogP contribution in [0.3, 0.4) is 0 Å². The third kappa shape index (κ3) is 5.06. The molecule has 0 spiro atoms. The van der Waals surface area contributed by atoms with Gasteiger partial charge in [-0.2, -0.15) is 4.68 Å². The van der Waals surface area contributed by atoms with Crippen LogP contribution in [-0.2, 0) is 5.41 Å². The third-order valence-electron chi connectivity index (χ3n) is 4.76. The summed E-state index contributed by atoms with van der Waals surface area (Å²) >= 11 is 0. The fraction of sp³-hybridized carbons (Fsp3) is 0.174. The lowest BCUT2D eigenvalue weighted by Crippen LogP contribution is -2.20. The van der Waals surface area contributed by atoms with Crippen molar-refractivity contribution >= 4 is 17.4 Å². The molecule has 0 aliphatic carbocycles. The quantitative estimate of drug-likeness (QED) is 0.425. The molecule has 33 heavy (non-hydrogen) atoms. The van der Waals surface area contributed by atoms with Gasteiger partial charge >= 0.3 is 11.7 Å². The van der Waals surface area contributed by atoms with Crippen LogP contribution in [0.5, 0.6) is 11.6 Å². The number of nitrogens with zero attached hydrogens (tertiary/aromatic N) is 4. The molecule has 0 aliphatic rings. The standard InChI is InChI=1S/C23H23N7O3/c1-23(2,3)17-7-4-5-9-19(17)33-20-18(8-6-14-24-20)26-21(31)25-15-10-12-16(13-11-15)30-22(32)27-28-29-30/h4-14H,1-3H3,(H2,25,26,31)(H,27,29,32). The molecule has 0 saturated carbocycles. The van der Waals surface area contributed by atoms with Crippen LogP contribution in [0.4, 0.5) is 16.2 Å². The maximum Gasteiger partial charge on any atom is 0.365 e. The number of nitrogens with one attached hydrogen (secondary N) is 3. The van der Waals surface area contributed by atoms with E-state index in [4.69, 9.17) is 4.74 Å². The molecule has 0 fully saturated rings. The fourth-order valence-electron chi connectivity index (χ4n) is 3.18. The van der Waals surface area contributed by atoms with Crippen LogP contribution in [0.15, 0.2) is 71.7 Å². The molecule has 2 aromatic heterocycles. The first kappa shape index (κ1) is 21.8. The molecule has 3 N–H and O–H groups in total. The first-order chi connectivity index (χ1) is 15.8. The Bertz CT molecular complexity index is 1320. The summed E-state index contributed by atoms with van der Waals surface area (Å²) in [5.74, 6) is 0.955. The SMILES string of the molecule is CC(C)(C)c1ccccc1Oc1ncccc1NC(=O)Nc1ccc(-n2nn[nH]c2=O)cc1. The van der Waals surface area contributed by atoms with Crippen LogP contribution in [0, 0.1) is 0 Å². The Morgan fingerprint density at radius 1 is 1.00 bits per heavy atom. The number of urea groups is 1. The minimum absolute atomic E-state index is 0.125. The topological polar surface area (TPSA) is 127 Å². The monoisotopic (exact) mass is 445 g/mol. The van der Waals surface area contributed by atoms with Gasteiger partial charge in [0, 0.05) is 17.4 Å². The average Bonchev–Trinajstić information content (AvgIpc) is 3.21. The number of carbonyl (C=O) groups is 1. The molecule has 0 radical (unpaired) electrons. The summed E-state index contributed by atoms with van der Waals surface area (Å²) in [7, 11) is 0. The molecule has 2 heterocycles. The Labute approximate surface area is 189 Å².